The van der Waals surface area contributed by atoms with Gasteiger partial charge in [-0.1, -0.05) is 12.2 Å². The molecule has 3 aliphatic rings. The van der Waals surface area contributed by atoms with Crippen molar-refractivity contribution in [3.05, 3.63) is 35.4 Å². The molecule has 0 bridgehead atoms. The Hall–Kier alpha value is -2.34. The minimum Gasteiger partial charge on any atom is -0.490 e. The smallest absolute Gasteiger partial charge is 0.237 e. The van der Waals surface area contributed by atoms with E-state index in [-0.39, 0.29) is 23.7 Å². The Morgan fingerprint density at radius 3 is 2.11 bits per heavy atom. The first kappa shape index (κ1) is 19.0. The number of benzene rings is 1. The molecule has 2 heterocycles. The van der Waals surface area contributed by atoms with Gasteiger partial charge in [0.05, 0.1) is 31.6 Å². The molecule has 0 spiro atoms. The highest BCUT2D eigenvalue weighted by Crippen LogP contribution is 2.35. The number of imide groups is 1. The molecule has 0 aromatic heterocycles. The van der Waals surface area contributed by atoms with Gasteiger partial charge in [-0.15, -0.1) is 0 Å². The first-order chi connectivity index (χ1) is 13.6. The van der Waals surface area contributed by atoms with Crippen LogP contribution in [0.3, 0.4) is 0 Å². The topological polar surface area (TPSA) is 60.3 Å². The monoisotopic (exact) mass is 385 g/mol. The van der Waals surface area contributed by atoms with Crippen LogP contribution in [0.5, 0.6) is 11.5 Å². The predicted octanol–water partition coefficient (Wildman–Crippen LogP) is 1.33. The number of nitrogens with one attached hydrogen (secondary N) is 1. The SMILES string of the molecule is CCOc1cc2c(cc1OCC)C[NH+](CN1C(=O)[C@H]3CC=CC[C@@H]3C1=O)CC2. The lowest BCUT2D eigenvalue weighted by molar-refractivity contribution is -0.923. The van der Waals surface area contributed by atoms with Gasteiger partial charge in [-0.3, -0.25) is 9.59 Å². The van der Waals surface area contributed by atoms with Gasteiger partial charge < -0.3 is 14.4 Å². The van der Waals surface area contributed by atoms with E-state index in [1.807, 2.05) is 26.0 Å². The number of amides is 2. The fourth-order valence-electron chi connectivity index (χ4n) is 4.63. The van der Waals surface area contributed by atoms with Crippen LogP contribution in [0.25, 0.3) is 0 Å². The lowest BCUT2D eigenvalue weighted by Gasteiger charge is -2.29. The van der Waals surface area contributed by atoms with E-state index in [2.05, 4.69) is 12.1 Å². The Morgan fingerprint density at radius 2 is 1.54 bits per heavy atom. The third-order valence-electron chi connectivity index (χ3n) is 6.03. The summed E-state index contributed by atoms with van der Waals surface area (Å²) in [6, 6.07) is 4.16. The Labute approximate surface area is 166 Å². The highest BCUT2D eigenvalue weighted by atomic mass is 16.5. The molecule has 1 saturated heterocycles. The molecule has 1 fully saturated rings. The molecule has 1 aliphatic carbocycles. The molecular weight excluding hydrogens is 356 g/mol. The van der Waals surface area contributed by atoms with Crippen molar-refractivity contribution < 1.29 is 24.0 Å². The van der Waals surface area contributed by atoms with Crippen molar-refractivity contribution in [1.29, 1.82) is 0 Å². The molecule has 1 unspecified atom stereocenters. The second kappa shape index (κ2) is 7.95. The van der Waals surface area contributed by atoms with E-state index in [0.29, 0.717) is 32.7 Å². The maximum absolute atomic E-state index is 12.7. The molecule has 1 aromatic rings. The maximum Gasteiger partial charge on any atom is 0.237 e. The minimum atomic E-state index is -0.146. The van der Waals surface area contributed by atoms with Crippen molar-refractivity contribution in [2.75, 3.05) is 26.4 Å². The van der Waals surface area contributed by atoms with Gasteiger partial charge in [0.25, 0.3) is 0 Å². The highest BCUT2D eigenvalue weighted by Gasteiger charge is 2.48. The summed E-state index contributed by atoms with van der Waals surface area (Å²) in [5, 5.41) is 0. The van der Waals surface area contributed by atoms with Crippen molar-refractivity contribution in [3.8, 4) is 11.5 Å². The molecule has 0 radical (unpaired) electrons. The maximum atomic E-state index is 12.7. The number of nitrogens with zero attached hydrogens (tertiary/aromatic N) is 1. The summed E-state index contributed by atoms with van der Waals surface area (Å²) in [4.78, 5) is 28.3. The summed E-state index contributed by atoms with van der Waals surface area (Å²) in [5.74, 6) is 1.31. The standard InChI is InChI=1S/C22H28N2O4/c1-3-27-19-11-15-9-10-23(13-16(15)12-20(19)28-4-2)14-24-21(25)17-7-5-6-8-18(17)22(24)26/h5-6,11-12,17-18H,3-4,7-10,13-14H2,1-2H3/p+1/t17-,18-/m0/s1. The number of likely N-dealkylation sites (tertiary alicyclic amines) is 1. The second-order valence-electron chi connectivity index (χ2n) is 7.78. The fourth-order valence-corrected chi connectivity index (χ4v) is 4.63. The van der Waals surface area contributed by atoms with Gasteiger partial charge >= 0.3 is 0 Å². The molecule has 6 nitrogen and oxygen atoms in total. The fraction of sp³-hybridized carbons (Fsp3) is 0.545. The molecule has 1 aromatic carbocycles. The molecule has 28 heavy (non-hydrogen) atoms. The van der Waals surface area contributed by atoms with Crippen LogP contribution in [0, 0.1) is 11.8 Å². The van der Waals surface area contributed by atoms with Crippen LogP contribution in [-0.4, -0.2) is 43.1 Å². The average Bonchev–Trinajstić information content (AvgIpc) is 2.94. The number of hydrogen-bond acceptors (Lipinski definition) is 4. The molecule has 4 rings (SSSR count). The third kappa shape index (κ3) is 3.41. The summed E-state index contributed by atoms with van der Waals surface area (Å²) < 4.78 is 11.5. The van der Waals surface area contributed by atoms with Crippen molar-refractivity contribution in [2.45, 2.75) is 39.7 Å². The number of hydrogen-bond donors (Lipinski definition) is 1. The minimum absolute atomic E-state index is 0.0133. The van der Waals surface area contributed by atoms with Crippen molar-refractivity contribution >= 4 is 11.8 Å². The zero-order valence-electron chi connectivity index (χ0n) is 16.7. The van der Waals surface area contributed by atoms with Gasteiger partial charge in [0, 0.05) is 12.0 Å². The largest absolute Gasteiger partial charge is 0.490 e. The van der Waals surface area contributed by atoms with E-state index in [4.69, 9.17) is 9.47 Å². The average molecular weight is 385 g/mol. The van der Waals surface area contributed by atoms with E-state index in [1.54, 1.807) is 0 Å². The Bertz CT molecular complexity index is 778. The van der Waals surface area contributed by atoms with Gasteiger partial charge in [0.1, 0.15) is 6.54 Å². The summed E-state index contributed by atoms with van der Waals surface area (Å²) in [7, 11) is 0. The van der Waals surface area contributed by atoms with Crippen LogP contribution in [-0.2, 0) is 22.6 Å². The molecule has 0 saturated carbocycles. The molecule has 150 valence electrons. The molecule has 6 heteroatoms. The van der Waals surface area contributed by atoms with Crippen LogP contribution in [0.4, 0.5) is 0 Å². The Balaban J connectivity index is 1.49. The van der Waals surface area contributed by atoms with Gasteiger partial charge in [-0.25, -0.2) is 4.90 Å². The Morgan fingerprint density at radius 1 is 0.964 bits per heavy atom. The lowest BCUT2D eigenvalue weighted by Crippen LogP contribution is -3.13. The first-order valence-electron chi connectivity index (χ1n) is 10.4. The zero-order chi connectivity index (χ0) is 19.7. The summed E-state index contributed by atoms with van der Waals surface area (Å²) in [6.45, 7) is 7.27. The normalized spacial score (nSPS) is 26.2. The summed E-state index contributed by atoms with van der Waals surface area (Å²) in [6.07, 6.45) is 6.36. The lowest BCUT2D eigenvalue weighted by atomic mass is 9.85. The number of ether oxygens (including phenoxy) is 2. The van der Waals surface area contributed by atoms with Gasteiger partial charge in [-0.05, 0) is 44.4 Å². The summed E-state index contributed by atoms with van der Waals surface area (Å²) in [5.41, 5.74) is 2.49. The first-order valence-corrected chi connectivity index (χ1v) is 10.4. The van der Waals surface area contributed by atoms with E-state index < -0.39 is 0 Å². The van der Waals surface area contributed by atoms with E-state index >= 15 is 0 Å². The molecule has 1 N–H and O–H groups in total. The van der Waals surface area contributed by atoms with Crippen LogP contribution in [0.1, 0.15) is 37.8 Å². The third-order valence-corrected chi connectivity index (χ3v) is 6.03. The molecule has 2 aliphatic heterocycles. The number of rotatable bonds is 6. The molecule has 2 amide bonds. The zero-order valence-corrected chi connectivity index (χ0v) is 16.7. The number of fused-ring (bicyclic) bond motifs is 2. The highest BCUT2D eigenvalue weighted by molar-refractivity contribution is 6.05. The number of carbonyl (C=O) groups is 2. The van der Waals surface area contributed by atoms with Crippen molar-refractivity contribution in [3.63, 3.8) is 0 Å². The van der Waals surface area contributed by atoms with Crippen molar-refractivity contribution in [2.24, 2.45) is 11.8 Å². The predicted molar refractivity (Wildman–Crippen MR) is 104 cm³/mol. The van der Waals surface area contributed by atoms with Crippen LogP contribution in [0.2, 0.25) is 0 Å². The van der Waals surface area contributed by atoms with E-state index in [9.17, 15) is 9.59 Å². The number of allylic oxidation sites excluding steroid dienone is 2. The number of carbonyl (C=O) groups excluding carboxylic acids is 2. The van der Waals surface area contributed by atoms with Crippen LogP contribution in [0.15, 0.2) is 24.3 Å². The van der Waals surface area contributed by atoms with Gasteiger partial charge in [-0.2, -0.15) is 0 Å². The molecule has 3 atom stereocenters. The Kier molecular flexibility index (Phi) is 5.40. The van der Waals surface area contributed by atoms with Gasteiger partial charge in [0.15, 0.2) is 18.2 Å². The second-order valence-corrected chi connectivity index (χ2v) is 7.78. The van der Waals surface area contributed by atoms with Gasteiger partial charge in [0.2, 0.25) is 11.8 Å². The van der Waals surface area contributed by atoms with E-state index in [1.165, 1.54) is 20.9 Å². The van der Waals surface area contributed by atoms with Crippen LogP contribution >= 0.6 is 0 Å². The number of quaternary nitrogens is 1. The van der Waals surface area contributed by atoms with E-state index in [0.717, 1.165) is 31.0 Å². The summed E-state index contributed by atoms with van der Waals surface area (Å²) >= 11 is 0. The quantitative estimate of drug-likeness (QED) is 0.593. The van der Waals surface area contributed by atoms with Crippen molar-refractivity contribution in [1.82, 2.24) is 4.90 Å². The van der Waals surface area contributed by atoms with Crippen LogP contribution < -0.4 is 14.4 Å². The molecular formula is C22H29N2O4+.